The van der Waals surface area contributed by atoms with Crippen LogP contribution in [0.15, 0.2) is 56.4 Å². The smallest absolute Gasteiger partial charge is 0.294 e. The van der Waals surface area contributed by atoms with E-state index in [4.69, 9.17) is 0 Å². The van der Waals surface area contributed by atoms with E-state index in [9.17, 15) is 25.9 Å². The summed E-state index contributed by atoms with van der Waals surface area (Å²) in [4.78, 5) is 0.676. The molecule has 0 fully saturated rings. The van der Waals surface area contributed by atoms with Crippen LogP contribution in [0.2, 0.25) is 0 Å². The van der Waals surface area contributed by atoms with Gasteiger partial charge in [-0.25, -0.2) is 0 Å². The van der Waals surface area contributed by atoms with Crippen molar-refractivity contribution in [2.45, 2.75) is 36.7 Å². The van der Waals surface area contributed by atoms with Crippen LogP contribution in [0.5, 0.6) is 0 Å². The average molecular weight is 515 g/mol. The van der Waals surface area contributed by atoms with Gasteiger partial charge in [-0.05, 0) is 50.2 Å². The molecule has 32 heavy (non-hydrogen) atoms. The highest BCUT2D eigenvalue weighted by Gasteiger charge is 2.14. The van der Waals surface area contributed by atoms with Gasteiger partial charge in [0, 0.05) is 13.1 Å². The van der Waals surface area contributed by atoms with Crippen LogP contribution in [-0.4, -0.2) is 35.1 Å². The van der Waals surface area contributed by atoms with E-state index in [1.165, 1.54) is 46.9 Å². The van der Waals surface area contributed by atoms with Crippen molar-refractivity contribution in [1.29, 1.82) is 0 Å². The molecule has 0 amide bonds. The van der Waals surface area contributed by atoms with Gasteiger partial charge in [0.25, 0.3) is 20.2 Å². The molecule has 2 aromatic carbocycles. The van der Waals surface area contributed by atoms with Crippen LogP contribution < -0.4 is 9.60 Å². The van der Waals surface area contributed by atoms with Crippen molar-refractivity contribution >= 4 is 63.3 Å². The summed E-state index contributed by atoms with van der Waals surface area (Å²) in [5, 5.41) is 8.74. The normalized spacial score (nSPS) is 14.1. The van der Waals surface area contributed by atoms with E-state index < -0.39 is 20.2 Å². The van der Waals surface area contributed by atoms with E-state index in [1.54, 1.807) is 21.3 Å². The summed E-state index contributed by atoms with van der Waals surface area (Å²) in [6, 6.07) is 8.67. The minimum atomic E-state index is -4.33. The maximum absolute atomic E-state index is 11.5. The topological polar surface area (TPSA) is 143 Å². The Morgan fingerprint density at radius 3 is 1.44 bits per heavy atom. The highest BCUT2D eigenvalue weighted by atomic mass is 32.2. The van der Waals surface area contributed by atoms with Gasteiger partial charge in [0.05, 0.1) is 30.2 Å². The van der Waals surface area contributed by atoms with Crippen molar-refractivity contribution < 1.29 is 25.9 Å². The summed E-state index contributed by atoms with van der Waals surface area (Å²) in [7, 11) is -8.66. The van der Waals surface area contributed by atoms with Crippen molar-refractivity contribution in [1.82, 2.24) is 9.13 Å². The molecule has 2 heterocycles. The molecule has 4 rings (SSSR count). The third kappa shape index (κ3) is 4.16. The fraction of sp³-hybridized carbons (Fsp3) is 0.222. The van der Waals surface area contributed by atoms with Crippen molar-refractivity contribution in [3.63, 3.8) is 0 Å². The van der Waals surface area contributed by atoms with E-state index in [2.05, 4.69) is 10.2 Å². The van der Waals surface area contributed by atoms with Crippen LogP contribution in [0.3, 0.4) is 0 Å². The molecule has 0 aliphatic rings. The number of fused-ring (bicyclic) bond motifs is 2. The van der Waals surface area contributed by atoms with Crippen LogP contribution in [-0.2, 0) is 33.3 Å². The largest absolute Gasteiger partial charge is 0.315 e. The molecule has 0 aliphatic carbocycles. The van der Waals surface area contributed by atoms with Gasteiger partial charge >= 0.3 is 0 Å². The standard InChI is InChI=1S/C18H18N4O6S4/c1-3-21-13-9-11(31(23,24)25)5-7-15(13)29-17(21)19-20-18-22(4-2)14-10-12(32(26,27)28)6-8-16(14)30-18/h5-10H,3-4H2,1-2H3,(H,23,24,25)(H,26,27,28). The number of benzene rings is 2. The summed E-state index contributed by atoms with van der Waals surface area (Å²) in [6.07, 6.45) is 0. The second-order valence-corrected chi connectivity index (χ2v) is 11.5. The predicted octanol–water partition coefficient (Wildman–Crippen LogP) is 2.67. The highest BCUT2D eigenvalue weighted by molar-refractivity contribution is 7.86. The molecular weight excluding hydrogens is 496 g/mol. The van der Waals surface area contributed by atoms with E-state index in [0.29, 0.717) is 33.7 Å². The Morgan fingerprint density at radius 1 is 0.750 bits per heavy atom. The number of aromatic nitrogens is 2. The molecule has 0 unspecified atom stereocenters. The summed E-state index contributed by atoms with van der Waals surface area (Å²) < 4.78 is 69.8. The highest BCUT2D eigenvalue weighted by Crippen LogP contribution is 2.23. The van der Waals surface area contributed by atoms with Gasteiger partial charge in [0.1, 0.15) is 0 Å². The van der Waals surface area contributed by atoms with E-state index in [1.807, 2.05) is 13.8 Å². The maximum atomic E-state index is 11.5. The second-order valence-electron chi connectivity index (χ2n) is 6.67. The Labute approximate surface area is 190 Å². The molecular formula is C18H18N4O6S4. The Morgan fingerprint density at radius 2 is 1.12 bits per heavy atom. The molecule has 0 atom stereocenters. The van der Waals surface area contributed by atoms with E-state index >= 15 is 0 Å². The Balaban J connectivity index is 1.93. The van der Waals surface area contributed by atoms with Crippen LogP contribution in [0, 0.1) is 0 Å². The van der Waals surface area contributed by atoms with E-state index in [-0.39, 0.29) is 9.79 Å². The number of aryl methyl sites for hydroxylation is 2. The molecule has 14 heteroatoms. The van der Waals surface area contributed by atoms with Gasteiger partial charge in [-0.3, -0.25) is 9.11 Å². The summed E-state index contributed by atoms with van der Waals surface area (Å²) in [6.45, 7) is 4.77. The molecule has 0 bridgehead atoms. The average Bonchev–Trinajstić information content (AvgIpc) is 3.26. The van der Waals surface area contributed by atoms with E-state index in [0.717, 1.165) is 9.40 Å². The van der Waals surface area contributed by atoms with Gasteiger partial charge in [-0.15, -0.1) is 10.2 Å². The summed E-state index contributed by atoms with van der Waals surface area (Å²) in [5.74, 6) is 0. The first-order valence-electron chi connectivity index (χ1n) is 9.32. The number of rotatable bonds is 5. The fourth-order valence-electron chi connectivity index (χ4n) is 3.27. The number of nitrogens with zero attached hydrogens (tertiary/aromatic N) is 4. The molecule has 170 valence electrons. The Kier molecular flexibility index (Phi) is 5.85. The Hall–Kier alpha value is -2.36. The molecule has 4 aromatic rings. The number of hydrogen-bond acceptors (Lipinski definition) is 8. The second kappa shape index (κ2) is 8.20. The molecule has 0 aliphatic heterocycles. The lowest BCUT2D eigenvalue weighted by Gasteiger charge is -2.02. The molecule has 0 saturated carbocycles. The lowest BCUT2D eigenvalue weighted by molar-refractivity contribution is 0.481. The van der Waals surface area contributed by atoms with Crippen LogP contribution in [0.4, 0.5) is 0 Å². The SMILES string of the molecule is CCn1c(=NN=c2sc3ccc(S(=O)(=O)O)cc3n2CC)sc2ccc(S(=O)(=O)O)cc21. The number of hydrogen-bond donors (Lipinski definition) is 2. The van der Waals surface area contributed by atoms with Crippen molar-refractivity contribution in [2.75, 3.05) is 0 Å². The Bertz CT molecular complexity index is 1580. The lowest BCUT2D eigenvalue weighted by Crippen LogP contribution is -2.16. The quantitative estimate of drug-likeness (QED) is 0.310. The van der Waals surface area contributed by atoms with Gasteiger partial charge in [-0.1, -0.05) is 22.7 Å². The first-order valence-corrected chi connectivity index (χ1v) is 13.8. The first-order chi connectivity index (χ1) is 15.0. The third-order valence-corrected chi connectivity index (χ3v) is 8.55. The molecule has 0 spiro atoms. The monoisotopic (exact) mass is 514 g/mol. The van der Waals surface area contributed by atoms with Crippen LogP contribution >= 0.6 is 22.7 Å². The predicted molar refractivity (Wildman–Crippen MR) is 122 cm³/mol. The van der Waals surface area contributed by atoms with Crippen molar-refractivity contribution in [3.05, 3.63) is 46.0 Å². The summed E-state index contributed by atoms with van der Waals surface area (Å²) in [5.41, 5.74) is 1.22. The zero-order valence-corrected chi connectivity index (χ0v) is 20.1. The van der Waals surface area contributed by atoms with Gasteiger partial charge in [-0.2, -0.15) is 16.8 Å². The maximum Gasteiger partial charge on any atom is 0.294 e. The zero-order valence-electron chi connectivity index (χ0n) is 16.8. The minimum Gasteiger partial charge on any atom is -0.315 e. The molecule has 0 saturated heterocycles. The fourth-order valence-corrected chi connectivity index (χ4v) is 6.32. The first kappa shape index (κ1) is 22.8. The van der Waals surface area contributed by atoms with Gasteiger partial charge in [0.2, 0.25) is 9.60 Å². The molecule has 2 aromatic heterocycles. The minimum absolute atomic E-state index is 0.198. The van der Waals surface area contributed by atoms with Crippen LogP contribution in [0.1, 0.15) is 13.8 Å². The van der Waals surface area contributed by atoms with Crippen molar-refractivity contribution in [2.24, 2.45) is 10.2 Å². The molecule has 10 nitrogen and oxygen atoms in total. The molecule has 0 radical (unpaired) electrons. The third-order valence-electron chi connectivity index (χ3n) is 4.76. The summed E-state index contributed by atoms with van der Waals surface area (Å²) >= 11 is 2.64. The lowest BCUT2D eigenvalue weighted by atomic mass is 10.3. The van der Waals surface area contributed by atoms with Gasteiger partial charge in [0.15, 0.2) is 0 Å². The molecule has 2 N–H and O–H groups in total. The zero-order chi connectivity index (χ0) is 23.3. The van der Waals surface area contributed by atoms with Crippen LogP contribution in [0.25, 0.3) is 20.4 Å². The number of thiazole rings is 2. The van der Waals surface area contributed by atoms with Crippen molar-refractivity contribution in [3.8, 4) is 0 Å². The van der Waals surface area contributed by atoms with Gasteiger partial charge < -0.3 is 9.13 Å².